The molecular weight excluding hydrogens is 234 g/mol. The Hall–Kier alpha value is -2.83. The van der Waals surface area contributed by atoms with Gasteiger partial charge in [-0.15, -0.1) is 10.2 Å². The fraction of sp³-hybridized carbons (Fsp3) is 0. The summed E-state index contributed by atoms with van der Waals surface area (Å²) in [6.45, 7) is 0. The Balaban J connectivity index is 2.01. The van der Waals surface area contributed by atoms with Crippen molar-refractivity contribution >= 4 is 5.69 Å². The summed E-state index contributed by atoms with van der Waals surface area (Å²) in [5.41, 5.74) is 7.03. The second kappa shape index (κ2) is 3.88. The Labute approximate surface area is 102 Å². The van der Waals surface area contributed by atoms with Crippen LogP contribution in [0, 0.1) is 0 Å². The first-order chi connectivity index (χ1) is 8.74. The third-order valence-corrected chi connectivity index (χ3v) is 2.37. The van der Waals surface area contributed by atoms with Gasteiger partial charge in [0.15, 0.2) is 5.69 Å². The van der Waals surface area contributed by atoms with E-state index in [1.807, 2.05) is 0 Å². The third-order valence-electron chi connectivity index (χ3n) is 2.37. The van der Waals surface area contributed by atoms with Crippen LogP contribution in [0.15, 0.2) is 36.8 Å². The average Bonchev–Trinajstić information content (AvgIpc) is 2.74. The van der Waals surface area contributed by atoms with Crippen molar-refractivity contribution in [2.75, 3.05) is 5.73 Å². The van der Waals surface area contributed by atoms with Crippen molar-refractivity contribution in [2.45, 2.75) is 0 Å². The molecule has 3 N–H and O–H groups in total. The molecular formula is C11H9N5O2. The minimum Gasteiger partial charge on any atom is -0.436 e. The van der Waals surface area contributed by atoms with Gasteiger partial charge in [-0.25, -0.2) is 4.98 Å². The van der Waals surface area contributed by atoms with Crippen LogP contribution in [0.25, 0.3) is 11.4 Å². The molecule has 0 aromatic heterocycles. The predicted molar refractivity (Wildman–Crippen MR) is 62.6 cm³/mol. The zero-order valence-corrected chi connectivity index (χ0v) is 9.19. The standard InChI is InChI=1S/C11H9N5O2/c12-7-2-1-3-8(4-7)18-11-10-9(14-15-11)5-13-6-16(10)17/h1-6,17H,12H2. The van der Waals surface area contributed by atoms with E-state index in [0.29, 0.717) is 22.8 Å². The predicted octanol–water partition coefficient (Wildman–Crippen LogP) is 1.39. The minimum absolute atomic E-state index is 0.195. The van der Waals surface area contributed by atoms with Crippen LogP contribution in [0.2, 0.25) is 0 Å². The Kier molecular flexibility index (Phi) is 2.23. The Bertz CT molecular complexity index is 666. The van der Waals surface area contributed by atoms with Crippen molar-refractivity contribution in [3.05, 3.63) is 36.8 Å². The van der Waals surface area contributed by atoms with E-state index >= 15 is 0 Å². The zero-order chi connectivity index (χ0) is 12.5. The summed E-state index contributed by atoms with van der Waals surface area (Å²) < 4.78 is 6.35. The molecule has 7 nitrogen and oxygen atoms in total. The normalized spacial score (nSPS) is 10.7. The van der Waals surface area contributed by atoms with Gasteiger partial charge in [-0.2, -0.15) is 4.73 Å². The first-order valence-electron chi connectivity index (χ1n) is 5.15. The maximum atomic E-state index is 9.64. The highest BCUT2D eigenvalue weighted by Gasteiger charge is 2.19. The van der Waals surface area contributed by atoms with E-state index in [9.17, 15) is 5.21 Å². The largest absolute Gasteiger partial charge is 0.436 e. The van der Waals surface area contributed by atoms with Gasteiger partial charge in [0.2, 0.25) is 0 Å². The molecule has 0 saturated heterocycles. The highest BCUT2D eigenvalue weighted by Crippen LogP contribution is 2.31. The maximum absolute atomic E-state index is 9.64. The number of aromatic nitrogens is 4. The molecule has 1 aromatic rings. The fourth-order valence-corrected chi connectivity index (χ4v) is 1.59. The molecule has 2 aliphatic heterocycles. The van der Waals surface area contributed by atoms with Gasteiger partial charge in [0.25, 0.3) is 5.88 Å². The summed E-state index contributed by atoms with van der Waals surface area (Å²) in [4.78, 5) is 3.78. The molecule has 0 amide bonds. The van der Waals surface area contributed by atoms with E-state index in [2.05, 4.69) is 15.2 Å². The SMILES string of the molecule is Nc1cccc(Oc2nnc3cncn(O)c2-3)c1. The van der Waals surface area contributed by atoms with Gasteiger partial charge in [0.05, 0.1) is 6.20 Å². The molecule has 0 spiro atoms. The first kappa shape index (κ1) is 10.3. The topological polar surface area (TPSA) is 99.1 Å². The lowest BCUT2D eigenvalue weighted by atomic mass is 10.3. The third kappa shape index (κ3) is 1.67. The molecule has 1 aromatic carbocycles. The lowest BCUT2D eigenvalue weighted by Gasteiger charge is -2.06. The van der Waals surface area contributed by atoms with E-state index in [0.717, 1.165) is 4.73 Å². The molecule has 2 aliphatic rings. The van der Waals surface area contributed by atoms with Crippen molar-refractivity contribution in [3.63, 3.8) is 0 Å². The molecule has 0 saturated carbocycles. The molecule has 0 aliphatic carbocycles. The Morgan fingerprint density at radius 2 is 2.17 bits per heavy atom. The van der Waals surface area contributed by atoms with Gasteiger partial charge >= 0.3 is 0 Å². The quantitative estimate of drug-likeness (QED) is 0.521. The average molecular weight is 243 g/mol. The Morgan fingerprint density at radius 1 is 1.28 bits per heavy atom. The molecule has 0 unspecified atom stereocenters. The van der Waals surface area contributed by atoms with E-state index < -0.39 is 0 Å². The number of fused-ring (bicyclic) bond motifs is 1. The Morgan fingerprint density at radius 3 is 3.00 bits per heavy atom. The number of nitrogens with zero attached hydrogens (tertiary/aromatic N) is 4. The summed E-state index contributed by atoms with van der Waals surface area (Å²) in [7, 11) is 0. The van der Waals surface area contributed by atoms with Crippen LogP contribution in [0.3, 0.4) is 0 Å². The number of ether oxygens (including phenoxy) is 1. The first-order valence-corrected chi connectivity index (χ1v) is 5.15. The molecule has 7 heteroatoms. The van der Waals surface area contributed by atoms with Gasteiger partial charge in [0.1, 0.15) is 17.8 Å². The molecule has 90 valence electrons. The van der Waals surface area contributed by atoms with E-state index in [-0.39, 0.29) is 5.88 Å². The fourth-order valence-electron chi connectivity index (χ4n) is 1.59. The van der Waals surface area contributed by atoms with Crippen molar-refractivity contribution in [1.29, 1.82) is 0 Å². The molecule has 18 heavy (non-hydrogen) atoms. The van der Waals surface area contributed by atoms with Gasteiger partial charge < -0.3 is 15.7 Å². The molecule has 0 atom stereocenters. The van der Waals surface area contributed by atoms with E-state index in [1.54, 1.807) is 24.3 Å². The number of nitrogen functional groups attached to an aromatic ring is 1. The molecule has 0 radical (unpaired) electrons. The van der Waals surface area contributed by atoms with Gasteiger partial charge in [-0.05, 0) is 12.1 Å². The van der Waals surface area contributed by atoms with Crippen LogP contribution in [0.5, 0.6) is 11.6 Å². The minimum atomic E-state index is 0.195. The second-order valence-corrected chi connectivity index (χ2v) is 3.65. The number of rotatable bonds is 2. The lowest BCUT2D eigenvalue weighted by molar-refractivity contribution is 0.183. The highest BCUT2D eigenvalue weighted by molar-refractivity contribution is 5.61. The van der Waals surface area contributed by atoms with Crippen molar-refractivity contribution in [2.24, 2.45) is 0 Å². The van der Waals surface area contributed by atoms with Crippen LogP contribution in [0.4, 0.5) is 5.69 Å². The zero-order valence-electron chi connectivity index (χ0n) is 9.19. The summed E-state index contributed by atoms with van der Waals surface area (Å²) in [6.07, 6.45) is 2.72. The number of anilines is 1. The van der Waals surface area contributed by atoms with Crippen molar-refractivity contribution in [3.8, 4) is 23.0 Å². The number of hydrogen-bond donors (Lipinski definition) is 2. The number of nitrogens with two attached hydrogens (primary N) is 1. The lowest BCUT2D eigenvalue weighted by Crippen LogP contribution is -2.00. The molecule has 0 fully saturated rings. The van der Waals surface area contributed by atoms with Crippen LogP contribution in [0.1, 0.15) is 0 Å². The summed E-state index contributed by atoms with van der Waals surface area (Å²) in [5, 5.41) is 17.3. The summed E-state index contributed by atoms with van der Waals surface area (Å²) >= 11 is 0. The molecule has 0 bridgehead atoms. The maximum Gasteiger partial charge on any atom is 0.268 e. The summed E-state index contributed by atoms with van der Waals surface area (Å²) in [5.74, 6) is 0.717. The van der Waals surface area contributed by atoms with Crippen LogP contribution in [-0.4, -0.2) is 25.1 Å². The highest BCUT2D eigenvalue weighted by atomic mass is 16.5. The van der Waals surface area contributed by atoms with Crippen LogP contribution in [-0.2, 0) is 0 Å². The summed E-state index contributed by atoms with van der Waals surface area (Å²) in [6, 6.07) is 6.90. The molecule has 3 rings (SSSR count). The van der Waals surface area contributed by atoms with Crippen molar-refractivity contribution in [1.82, 2.24) is 19.9 Å². The van der Waals surface area contributed by atoms with E-state index in [1.165, 1.54) is 12.5 Å². The van der Waals surface area contributed by atoms with Crippen LogP contribution < -0.4 is 10.5 Å². The number of hydrogen-bond acceptors (Lipinski definition) is 6. The van der Waals surface area contributed by atoms with Crippen LogP contribution >= 0.6 is 0 Å². The van der Waals surface area contributed by atoms with Gasteiger partial charge in [0, 0.05) is 11.8 Å². The molecule has 2 heterocycles. The second-order valence-electron chi connectivity index (χ2n) is 3.65. The van der Waals surface area contributed by atoms with Gasteiger partial charge in [-0.1, -0.05) is 6.07 Å². The monoisotopic (exact) mass is 243 g/mol. The van der Waals surface area contributed by atoms with Crippen molar-refractivity contribution < 1.29 is 9.94 Å². The van der Waals surface area contributed by atoms with Gasteiger partial charge in [-0.3, -0.25) is 0 Å². The van der Waals surface area contributed by atoms with E-state index in [4.69, 9.17) is 10.5 Å². The number of benzene rings is 1. The smallest absolute Gasteiger partial charge is 0.268 e.